The molecular formula is C15H25N3O. The van der Waals surface area contributed by atoms with Crippen molar-refractivity contribution in [2.75, 3.05) is 50.4 Å². The van der Waals surface area contributed by atoms with Gasteiger partial charge in [-0.25, -0.2) is 0 Å². The van der Waals surface area contributed by atoms with Crippen molar-refractivity contribution in [1.29, 1.82) is 0 Å². The molecule has 0 bridgehead atoms. The number of nitrogens with one attached hydrogen (secondary N) is 1. The molecule has 2 heterocycles. The van der Waals surface area contributed by atoms with Crippen molar-refractivity contribution >= 4 is 11.4 Å². The zero-order chi connectivity index (χ0) is 13.7. The summed E-state index contributed by atoms with van der Waals surface area (Å²) < 4.78 is 5.26. The zero-order valence-corrected chi connectivity index (χ0v) is 12.0. The van der Waals surface area contributed by atoms with Crippen molar-refractivity contribution in [3.8, 4) is 0 Å². The number of nitrogens with two attached hydrogens (primary N) is 1. The lowest BCUT2D eigenvalue weighted by atomic mass is 9.78. The highest BCUT2D eigenvalue weighted by atomic mass is 16.5. The standard InChI is InChI=1S/C13H19N3O.C2H6/c14-11-3-1-2-4-12(11)15-5-6-16-7-13(8-16)9-17-10-13;1-2/h1-4,15H,5-10,14H2;1-2H3. The van der Waals surface area contributed by atoms with Crippen LogP contribution in [0.5, 0.6) is 0 Å². The summed E-state index contributed by atoms with van der Waals surface area (Å²) in [5.74, 6) is 0. The maximum atomic E-state index is 5.87. The number of hydrogen-bond acceptors (Lipinski definition) is 4. The van der Waals surface area contributed by atoms with Gasteiger partial charge < -0.3 is 20.7 Å². The van der Waals surface area contributed by atoms with E-state index in [9.17, 15) is 0 Å². The summed E-state index contributed by atoms with van der Waals surface area (Å²) in [4.78, 5) is 2.47. The molecule has 19 heavy (non-hydrogen) atoms. The van der Waals surface area contributed by atoms with E-state index in [-0.39, 0.29) is 0 Å². The predicted molar refractivity (Wildman–Crippen MR) is 80.4 cm³/mol. The predicted octanol–water partition coefficient (Wildman–Crippen LogP) is 2.04. The average molecular weight is 263 g/mol. The van der Waals surface area contributed by atoms with Crippen molar-refractivity contribution in [3.63, 3.8) is 0 Å². The van der Waals surface area contributed by atoms with E-state index in [0.29, 0.717) is 5.41 Å². The molecule has 0 aromatic heterocycles. The van der Waals surface area contributed by atoms with Crippen LogP contribution in [0.25, 0.3) is 0 Å². The number of nitrogen functional groups attached to an aromatic ring is 1. The second-order valence-corrected chi connectivity index (χ2v) is 5.22. The molecule has 0 radical (unpaired) electrons. The lowest BCUT2D eigenvalue weighted by Crippen LogP contribution is -2.66. The Morgan fingerprint density at radius 3 is 2.53 bits per heavy atom. The van der Waals surface area contributed by atoms with Crippen LogP contribution in [-0.4, -0.2) is 44.3 Å². The fourth-order valence-corrected chi connectivity index (χ4v) is 2.64. The number of hydrogen-bond donors (Lipinski definition) is 2. The molecule has 0 saturated carbocycles. The highest BCUT2D eigenvalue weighted by molar-refractivity contribution is 5.65. The van der Waals surface area contributed by atoms with E-state index in [0.717, 1.165) is 37.7 Å². The summed E-state index contributed by atoms with van der Waals surface area (Å²) in [6.45, 7) is 10.3. The van der Waals surface area contributed by atoms with Crippen LogP contribution in [0.1, 0.15) is 13.8 Å². The van der Waals surface area contributed by atoms with Crippen LogP contribution < -0.4 is 11.1 Å². The van der Waals surface area contributed by atoms with E-state index in [1.165, 1.54) is 13.1 Å². The van der Waals surface area contributed by atoms with E-state index in [2.05, 4.69) is 10.2 Å². The maximum Gasteiger partial charge on any atom is 0.0574 e. The third-order valence-electron chi connectivity index (χ3n) is 3.64. The Hall–Kier alpha value is -1.26. The molecule has 2 aliphatic rings. The van der Waals surface area contributed by atoms with Crippen molar-refractivity contribution in [2.24, 2.45) is 5.41 Å². The SMILES string of the molecule is CC.Nc1ccccc1NCCN1CC2(COC2)C1. The Balaban J connectivity index is 0.000000637. The fourth-order valence-electron chi connectivity index (χ4n) is 2.64. The minimum Gasteiger partial charge on any atom is -0.397 e. The quantitative estimate of drug-likeness (QED) is 0.816. The molecule has 2 saturated heterocycles. The highest BCUT2D eigenvalue weighted by Gasteiger charge is 2.48. The third-order valence-corrected chi connectivity index (χ3v) is 3.64. The molecule has 2 fully saturated rings. The summed E-state index contributed by atoms with van der Waals surface area (Å²) in [6, 6.07) is 7.90. The third kappa shape index (κ3) is 3.19. The second kappa shape index (κ2) is 6.26. The minimum absolute atomic E-state index is 0.520. The Kier molecular flexibility index (Phi) is 4.66. The molecule has 2 aliphatic heterocycles. The van der Waals surface area contributed by atoms with Gasteiger partial charge in [-0.2, -0.15) is 0 Å². The Bertz CT molecular complexity index is 396. The number of ether oxygens (including phenoxy) is 1. The first kappa shape index (κ1) is 14.2. The van der Waals surface area contributed by atoms with Crippen LogP contribution in [0.4, 0.5) is 11.4 Å². The molecule has 1 aromatic rings. The van der Waals surface area contributed by atoms with Crippen LogP contribution in [0.2, 0.25) is 0 Å². The van der Waals surface area contributed by atoms with E-state index >= 15 is 0 Å². The van der Waals surface area contributed by atoms with Crippen molar-refractivity contribution in [1.82, 2.24) is 4.90 Å². The van der Waals surface area contributed by atoms with E-state index in [1.54, 1.807) is 0 Å². The van der Waals surface area contributed by atoms with Crippen LogP contribution in [0, 0.1) is 5.41 Å². The van der Waals surface area contributed by atoms with Gasteiger partial charge in [-0.05, 0) is 12.1 Å². The van der Waals surface area contributed by atoms with Gasteiger partial charge in [0.2, 0.25) is 0 Å². The molecule has 1 spiro atoms. The van der Waals surface area contributed by atoms with Gasteiger partial charge in [0.05, 0.1) is 24.6 Å². The number of benzene rings is 1. The van der Waals surface area contributed by atoms with E-state index in [1.807, 2.05) is 38.1 Å². The van der Waals surface area contributed by atoms with Gasteiger partial charge >= 0.3 is 0 Å². The van der Waals surface area contributed by atoms with Gasteiger partial charge in [-0.1, -0.05) is 26.0 Å². The summed E-state index contributed by atoms with van der Waals surface area (Å²) in [6.07, 6.45) is 0. The summed E-state index contributed by atoms with van der Waals surface area (Å²) >= 11 is 0. The van der Waals surface area contributed by atoms with Gasteiger partial charge in [-0.15, -0.1) is 0 Å². The topological polar surface area (TPSA) is 50.5 Å². The molecule has 4 nitrogen and oxygen atoms in total. The van der Waals surface area contributed by atoms with E-state index in [4.69, 9.17) is 10.5 Å². The number of likely N-dealkylation sites (tertiary alicyclic amines) is 1. The van der Waals surface area contributed by atoms with Crippen molar-refractivity contribution in [3.05, 3.63) is 24.3 Å². The maximum absolute atomic E-state index is 5.87. The smallest absolute Gasteiger partial charge is 0.0574 e. The molecule has 0 aliphatic carbocycles. The summed E-state index contributed by atoms with van der Waals surface area (Å²) in [5.41, 5.74) is 8.24. The second-order valence-electron chi connectivity index (χ2n) is 5.22. The lowest BCUT2D eigenvalue weighted by molar-refractivity contribution is -0.187. The molecule has 0 amide bonds. The molecule has 4 heteroatoms. The number of para-hydroxylation sites is 2. The van der Waals surface area contributed by atoms with Crippen LogP contribution in [0.15, 0.2) is 24.3 Å². The van der Waals surface area contributed by atoms with Gasteiger partial charge in [0.1, 0.15) is 0 Å². The summed E-state index contributed by atoms with van der Waals surface area (Å²) in [5, 5.41) is 3.38. The molecule has 0 unspecified atom stereocenters. The van der Waals surface area contributed by atoms with Gasteiger partial charge in [0, 0.05) is 31.6 Å². The minimum atomic E-state index is 0.520. The van der Waals surface area contributed by atoms with Crippen molar-refractivity contribution in [2.45, 2.75) is 13.8 Å². The Morgan fingerprint density at radius 1 is 1.26 bits per heavy atom. The van der Waals surface area contributed by atoms with Crippen LogP contribution >= 0.6 is 0 Å². The fraction of sp³-hybridized carbons (Fsp3) is 0.600. The van der Waals surface area contributed by atoms with Gasteiger partial charge in [0.25, 0.3) is 0 Å². The monoisotopic (exact) mass is 263 g/mol. The van der Waals surface area contributed by atoms with Gasteiger partial charge in [-0.3, -0.25) is 0 Å². The largest absolute Gasteiger partial charge is 0.397 e. The molecule has 1 aromatic carbocycles. The normalized spacial score (nSPS) is 19.9. The Morgan fingerprint density at radius 2 is 1.95 bits per heavy atom. The molecule has 3 rings (SSSR count). The number of rotatable bonds is 4. The molecular weight excluding hydrogens is 238 g/mol. The van der Waals surface area contributed by atoms with E-state index < -0.39 is 0 Å². The zero-order valence-electron chi connectivity index (χ0n) is 12.0. The first-order valence-corrected chi connectivity index (χ1v) is 7.16. The molecule has 0 atom stereocenters. The summed E-state index contributed by atoms with van der Waals surface area (Å²) in [7, 11) is 0. The molecule has 106 valence electrons. The van der Waals surface area contributed by atoms with Gasteiger partial charge in [0.15, 0.2) is 0 Å². The Labute approximate surface area is 115 Å². The lowest BCUT2D eigenvalue weighted by Gasteiger charge is -2.55. The first-order chi connectivity index (χ1) is 9.27. The first-order valence-electron chi connectivity index (χ1n) is 7.16. The van der Waals surface area contributed by atoms with Crippen LogP contribution in [0.3, 0.4) is 0 Å². The van der Waals surface area contributed by atoms with Crippen molar-refractivity contribution < 1.29 is 4.74 Å². The highest BCUT2D eigenvalue weighted by Crippen LogP contribution is 2.37. The number of anilines is 2. The van der Waals surface area contributed by atoms with Crippen LogP contribution in [-0.2, 0) is 4.74 Å². The average Bonchev–Trinajstić information content (AvgIpc) is 2.34. The molecule has 3 N–H and O–H groups in total. The number of nitrogens with zero attached hydrogens (tertiary/aromatic N) is 1.